The predicted molar refractivity (Wildman–Crippen MR) is 102 cm³/mol. The molecular formula is C20H15N3O5. The lowest BCUT2D eigenvalue weighted by molar-refractivity contribution is -0.384. The van der Waals surface area contributed by atoms with Gasteiger partial charge in [0.15, 0.2) is 0 Å². The van der Waals surface area contributed by atoms with Crippen LogP contribution in [0.1, 0.15) is 30.5 Å². The van der Waals surface area contributed by atoms with Gasteiger partial charge in [-0.05, 0) is 17.7 Å². The largest absolute Gasteiger partial charge is 0.422 e. The summed E-state index contributed by atoms with van der Waals surface area (Å²) < 4.78 is 5.37. The van der Waals surface area contributed by atoms with Gasteiger partial charge in [0.2, 0.25) is 5.91 Å². The van der Waals surface area contributed by atoms with Crippen LogP contribution in [-0.2, 0) is 4.79 Å². The summed E-state index contributed by atoms with van der Waals surface area (Å²) in [5.74, 6) is -0.288. The van der Waals surface area contributed by atoms with Gasteiger partial charge in [0.05, 0.1) is 22.2 Å². The van der Waals surface area contributed by atoms with Crippen molar-refractivity contribution in [2.45, 2.75) is 19.4 Å². The summed E-state index contributed by atoms with van der Waals surface area (Å²) in [6.07, 6.45) is 0.306. The number of non-ortho nitro benzene ring substituents is 1. The normalized spacial score (nSPS) is 16.2. The molecule has 0 fully saturated rings. The van der Waals surface area contributed by atoms with Gasteiger partial charge in [0, 0.05) is 30.9 Å². The van der Waals surface area contributed by atoms with Crippen LogP contribution >= 0.6 is 0 Å². The number of hydrogen-bond acceptors (Lipinski definition) is 6. The number of nitrogens with zero attached hydrogens (tertiary/aromatic N) is 3. The number of carbonyl (C=O) groups is 1. The molecule has 0 spiro atoms. The van der Waals surface area contributed by atoms with E-state index in [1.54, 1.807) is 30.3 Å². The Morgan fingerprint density at radius 2 is 1.93 bits per heavy atom. The molecule has 1 aromatic heterocycles. The van der Waals surface area contributed by atoms with E-state index in [-0.39, 0.29) is 11.6 Å². The summed E-state index contributed by atoms with van der Waals surface area (Å²) in [5, 5.41) is 17.3. The van der Waals surface area contributed by atoms with Crippen LogP contribution in [-0.4, -0.2) is 21.6 Å². The van der Waals surface area contributed by atoms with E-state index in [1.807, 2.05) is 12.1 Å². The standard InChI is InChI=1S/C20H15N3O5/c1-12(24)22-18(13-6-8-15(9-7-13)23(26)27)11-17(21-22)16-10-14-4-2-3-5-19(14)28-20(16)25/h2-10,18H,11H2,1H3. The van der Waals surface area contributed by atoms with Crippen LogP contribution in [0.2, 0.25) is 0 Å². The molecule has 1 aliphatic rings. The first-order chi connectivity index (χ1) is 13.4. The molecule has 1 amide bonds. The first-order valence-corrected chi connectivity index (χ1v) is 8.59. The highest BCUT2D eigenvalue weighted by atomic mass is 16.6. The number of benzene rings is 2. The van der Waals surface area contributed by atoms with Gasteiger partial charge in [-0.2, -0.15) is 5.10 Å². The number of amides is 1. The number of hydrazone groups is 1. The molecule has 2 aromatic carbocycles. The lowest BCUT2D eigenvalue weighted by atomic mass is 9.98. The van der Waals surface area contributed by atoms with Crippen LogP contribution in [0.15, 0.2) is 68.9 Å². The molecule has 0 saturated heterocycles. The number of hydrogen-bond donors (Lipinski definition) is 0. The fourth-order valence-corrected chi connectivity index (χ4v) is 3.30. The quantitative estimate of drug-likeness (QED) is 0.395. The number of rotatable bonds is 3. The molecule has 1 aliphatic heterocycles. The minimum absolute atomic E-state index is 0.0348. The van der Waals surface area contributed by atoms with E-state index in [4.69, 9.17) is 4.42 Å². The van der Waals surface area contributed by atoms with Crippen LogP contribution in [0.25, 0.3) is 11.0 Å². The van der Waals surface area contributed by atoms with Crippen molar-refractivity contribution in [1.29, 1.82) is 0 Å². The summed E-state index contributed by atoms with van der Waals surface area (Å²) in [6, 6.07) is 14.4. The van der Waals surface area contributed by atoms with Crippen molar-refractivity contribution >= 4 is 28.3 Å². The number of nitro groups is 1. The van der Waals surface area contributed by atoms with Crippen molar-refractivity contribution < 1.29 is 14.1 Å². The van der Waals surface area contributed by atoms with E-state index in [9.17, 15) is 19.7 Å². The zero-order valence-electron chi connectivity index (χ0n) is 14.9. The number of para-hydroxylation sites is 1. The molecule has 8 nitrogen and oxygen atoms in total. The highest BCUT2D eigenvalue weighted by molar-refractivity contribution is 6.04. The Labute approximate surface area is 158 Å². The Kier molecular flexibility index (Phi) is 4.23. The lowest BCUT2D eigenvalue weighted by Gasteiger charge is -2.20. The molecule has 4 rings (SSSR count). The van der Waals surface area contributed by atoms with E-state index >= 15 is 0 Å². The summed E-state index contributed by atoms with van der Waals surface area (Å²) >= 11 is 0. The summed E-state index contributed by atoms with van der Waals surface area (Å²) in [6.45, 7) is 1.38. The topological polar surface area (TPSA) is 106 Å². The van der Waals surface area contributed by atoms with Gasteiger partial charge in [0.1, 0.15) is 5.58 Å². The van der Waals surface area contributed by atoms with E-state index in [0.717, 1.165) is 5.39 Å². The molecule has 1 unspecified atom stereocenters. The lowest BCUT2D eigenvalue weighted by Crippen LogP contribution is -2.24. The van der Waals surface area contributed by atoms with Crippen LogP contribution in [0, 0.1) is 10.1 Å². The van der Waals surface area contributed by atoms with Gasteiger partial charge in [-0.15, -0.1) is 0 Å². The minimum atomic E-state index is -0.523. The van der Waals surface area contributed by atoms with Gasteiger partial charge in [-0.1, -0.05) is 30.3 Å². The SMILES string of the molecule is CC(=O)N1N=C(c2cc3ccccc3oc2=O)CC1c1ccc([N+](=O)[O-])cc1. The van der Waals surface area contributed by atoms with Gasteiger partial charge in [-0.3, -0.25) is 14.9 Å². The molecular weight excluding hydrogens is 362 g/mol. The van der Waals surface area contributed by atoms with Crippen molar-refractivity contribution in [3.8, 4) is 0 Å². The first-order valence-electron chi connectivity index (χ1n) is 8.59. The van der Waals surface area contributed by atoms with Gasteiger partial charge in [-0.25, -0.2) is 9.80 Å². The molecule has 0 bridgehead atoms. The molecule has 1 atom stereocenters. The van der Waals surface area contributed by atoms with E-state index in [2.05, 4.69) is 5.10 Å². The first kappa shape index (κ1) is 17.6. The molecule has 0 N–H and O–H groups in total. The van der Waals surface area contributed by atoms with Crippen LogP contribution in [0.5, 0.6) is 0 Å². The summed E-state index contributed by atoms with van der Waals surface area (Å²) in [5.41, 5.74) is 1.36. The van der Waals surface area contributed by atoms with Crippen molar-refractivity contribution in [3.63, 3.8) is 0 Å². The van der Waals surface area contributed by atoms with E-state index in [0.29, 0.717) is 28.8 Å². The maximum absolute atomic E-state index is 12.4. The van der Waals surface area contributed by atoms with Gasteiger partial charge < -0.3 is 4.42 Å². The van der Waals surface area contributed by atoms with Crippen molar-refractivity contribution in [1.82, 2.24) is 5.01 Å². The van der Waals surface area contributed by atoms with Gasteiger partial charge in [0.25, 0.3) is 5.69 Å². The maximum Gasteiger partial charge on any atom is 0.345 e. The molecule has 3 aromatic rings. The molecule has 0 saturated carbocycles. The second kappa shape index (κ2) is 6.73. The summed E-state index contributed by atoms with van der Waals surface area (Å²) in [4.78, 5) is 34.9. The van der Waals surface area contributed by atoms with Crippen molar-refractivity contribution in [3.05, 3.63) is 86.3 Å². The van der Waals surface area contributed by atoms with Crippen molar-refractivity contribution in [2.75, 3.05) is 0 Å². The maximum atomic E-state index is 12.4. The smallest absolute Gasteiger partial charge is 0.345 e. The van der Waals surface area contributed by atoms with Crippen LogP contribution in [0.3, 0.4) is 0 Å². The average molecular weight is 377 g/mol. The molecule has 0 aliphatic carbocycles. The molecule has 8 heteroatoms. The van der Waals surface area contributed by atoms with E-state index in [1.165, 1.54) is 24.1 Å². The Bertz CT molecular complexity index is 1180. The highest BCUT2D eigenvalue weighted by Crippen LogP contribution is 2.33. The molecule has 0 radical (unpaired) electrons. The number of carbonyl (C=O) groups excluding carboxylic acids is 1. The molecule has 2 heterocycles. The zero-order chi connectivity index (χ0) is 19.8. The Morgan fingerprint density at radius 1 is 1.21 bits per heavy atom. The third-order valence-electron chi connectivity index (χ3n) is 4.67. The second-order valence-corrected chi connectivity index (χ2v) is 6.46. The molecule has 28 heavy (non-hydrogen) atoms. The average Bonchev–Trinajstić information content (AvgIpc) is 3.13. The predicted octanol–water partition coefficient (Wildman–Crippen LogP) is 3.40. The minimum Gasteiger partial charge on any atom is -0.422 e. The fourth-order valence-electron chi connectivity index (χ4n) is 3.30. The van der Waals surface area contributed by atoms with Crippen molar-refractivity contribution in [2.24, 2.45) is 5.10 Å². The fraction of sp³-hybridized carbons (Fsp3) is 0.150. The number of nitro benzene ring substituents is 1. The van der Waals surface area contributed by atoms with E-state index < -0.39 is 16.6 Å². The van der Waals surface area contributed by atoms with Crippen LogP contribution < -0.4 is 5.63 Å². The van der Waals surface area contributed by atoms with Crippen LogP contribution in [0.4, 0.5) is 5.69 Å². The Hall–Kier alpha value is -3.81. The monoisotopic (exact) mass is 377 g/mol. The Balaban J connectivity index is 1.73. The second-order valence-electron chi connectivity index (χ2n) is 6.46. The third kappa shape index (κ3) is 3.05. The zero-order valence-corrected chi connectivity index (χ0v) is 14.9. The highest BCUT2D eigenvalue weighted by Gasteiger charge is 2.33. The van der Waals surface area contributed by atoms with Gasteiger partial charge >= 0.3 is 5.63 Å². The molecule has 140 valence electrons. The Morgan fingerprint density at radius 3 is 2.61 bits per heavy atom. The third-order valence-corrected chi connectivity index (χ3v) is 4.67. The summed E-state index contributed by atoms with van der Waals surface area (Å²) in [7, 11) is 0. The number of fused-ring (bicyclic) bond motifs is 1.